The largest absolute Gasteiger partial charge is 0.299 e. The first-order valence-electron chi connectivity index (χ1n) is 7.89. The van der Waals surface area contributed by atoms with Gasteiger partial charge in [-0.1, -0.05) is 27.7 Å². The van der Waals surface area contributed by atoms with Crippen LogP contribution in [0, 0.1) is 34.5 Å². The van der Waals surface area contributed by atoms with Crippen LogP contribution >= 0.6 is 0 Å². The minimum Gasteiger partial charge on any atom is -0.299 e. The first-order valence-corrected chi connectivity index (χ1v) is 7.89. The maximum absolute atomic E-state index is 12.0. The van der Waals surface area contributed by atoms with Crippen molar-refractivity contribution in [3.63, 3.8) is 0 Å². The standard InChI is InChI=1S/C17H28O/c1-11-5-6-12(9-15(11)18)14-10-13-7-8-17(14,4)16(13,2)3/h11-14H,5-10H2,1-4H3/t11?,12?,13-,14+,17+/m0/s1. The Bertz CT molecular complexity index is 370. The highest BCUT2D eigenvalue weighted by atomic mass is 16.1. The lowest BCUT2D eigenvalue weighted by Gasteiger charge is -2.44. The Morgan fingerprint density at radius 1 is 1.11 bits per heavy atom. The topological polar surface area (TPSA) is 17.1 Å². The molecule has 5 atom stereocenters. The van der Waals surface area contributed by atoms with E-state index >= 15 is 0 Å². The van der Waals surface area contributed by atoms with Crippen molar-refractivity contribution >= 4 is 5.78 Å². The number of carbonyl (C=O) groups excluding carboxylic acids is 1. The Morgan fingerprint density at radius 3 is 2.33 bits per heavy atom. The minimum atomic E-state index is 0.334. The van der Waals surface area contributed by atoms with Gasteiger partial charge in [0.1, 0.15) is 5.78 Å². The van der Waals surface area contributed by atoms with Gasteiger partial charge in [-0.15, -0.1) is 0 Å². The molecule has 1 heteroatoms. The van der Waals surface area contributed by atoms with Gasteiger partial charge < -0.3 is 0 Å². The van der Waals surface area contributed by atoms with Gasteiger partial charge in [0.2, 0.25) is 0 Å². The number of Topliss-reactive ketones (excluding diaryl/α,β-unsaturated/α-hetero) is 1. The number of hydrogen-bond acceptors (Lipinski definition) is 1. The first kappa shape index (κ1) is 12.7. The first-order chi connectivity index (χ1) is 8.36. The lowest BCUT2D eigenvalue weighted by molar-refractivity contribution is -0.127. The molecule has 3 aliphatic rings. The zero-order valence-corrected chi connectivity index (χ0v) is 12.5. The highest BCUT2D eigenvalue weighted by molar-refractivity contribution is 5.81. The molecule has 0 aromatic carbocycles. The maximum Gasteiger partial charge on any atom is 0.135 e. The summed E-state index contributed by atoms with van der Waals surface area (Å²) >= 11 is 0. The van der Waals surface area contributed by atoms with E-state index in [0.717, 1.165) is 24.7 Å². The van der Waals surface area contributed by atoms with Crippen LogP contribution in [0.5, 0.6) is 0 Å². The fourth-order valence-corrected chi connectivity index (χ4v) is 5.51. The van der Waals surface area contributed by atoms with Gasteiger partial charge >= 0.3 is 0 Å². The van der Waals surface area contributed by atoms with E-state index in [2.05, 4.69) is 27.7 Å². The second kappa shape index (κ2) is 3.84. The van der Waals surface area contributed by atoms with E-state index in [1.165, 1.54) is 25.7 Å². The van der Waals surface area contributed by atoms with Gasteiger partial charge in [-0.05, 0) is 60.7 Å². The summed E-state index contributed by atoms with van der Waals surface area (Å²) in [6, 6.07) is 0. The summed E-state index contributed by atoms with van der Waals surface area (Å²) in [5.41, 5.74) is 1.01. The van der Waals surface area contributed by atoms with E-state index in [4.69, 9.17) is 0 Å². The van der Waals surface area contributed by atoms with Crippen LogP contribution < -0.4 is 0 Å². The van der Waals surface area contributed by atoms with E-state index < -0.39 is 0 Å². The number of hydrogen-bond donors (Lipinski definition) is 0. The highest BCUT2D eigenvalue weighted by Crippen LogP contribution is 2.70. The van der Waals surface area contributed by atoms with Crippen molar-refractivity contribution in [1.82, 2.24) is 0 Å². The molecule has 0 spiro atoms. The van der Waals surface area contributed by atoms with Crippen LogP contribution in [-0.2, 0) is 4.79 Å². The summed E-state index contributed by atoms with van der Waals surface area (Å²) in [6.45, 7) is 9.61. The molecule has 0 heterocycles. The summed E-state index contributed by atoms with van der Waals surface area (Å²) < 4.78 is 0. The van der Waals surface area contributed by atoms with Crippen LogP contribution in [0.3, 0.4) is 0 Å². The number of fused-ring (bicyclic) bond motifs is 2. The molecule has 0 N–H and O–H groups in total. The minimum absolute atomic E-state index is 0.334. The number of carbonyl (C=O) groups is 1. The van der Waals surface area contributed by atoms with Crippen molar-refractivity contribution in [3.8, 4) is 0 Å². The second-order valence-electron chi connectivity index (χ2n) is 8.13. The van der Waals surface area contributed by atoms with Crippen LogP contribution in [0.4, 0.5) is 0 Å². The molecule has 0 aliphatic heterocycles. The molecule has 0 radical (unpaired) electrons. The van der Waals surface area contributed by atoms with E-state index in [1.54, 1.807) is 0 Å². The van der Waals surface area contributed by atoms with Gasteiger partial charge in [0, 0.05) is 12.3 Å². The van der Waals surface area contributed by atoms with Crippen molar-refractivity contribution in [3.05, 3.63) is 0 Å². The molecule has 0 aromatic rings. The molecule has 0 saturated heterocycles. The third kappa shape index (κ3) is 1.48. The molecule has 0 aromatic heterocycles. The van der Waals surface area contributed by atoms with Crippen molar-refractivity contribution in [2.45, 2.75) is 66.2 Å². The van der Waals surface area contributed by atoms with E-state index in [0.29, 0.717) is 28.4 Å². The quantitative estimate of drug-likeness (QED) is 0.670. The Hall–Kier alpha value is -0.330. The fraction of sp³-hybridized carbons (Fsp3) is 0.941. The van der Waals surface area contributed by atoms with Gasteiger partial charge in [0.15, 0.2) is 0 Å². The number of rotatable bonds is 1. The average molecular weight is 248 g/mol. The van der Waals surface area contributed by atoms with Gasteiger partial charge in [-0.2, -0.15) is 0 Å². The summed E-state index contributed by atoms with van der Waals surface area (Å²) in [6.07, 6.45) is 7.55. The third-order valence-corrected chi connectivity index (χ3v) is 7.41. The Labute approximate surface area is 112 Å². The second-order valence-corrected chi connectivity index (χ2v) is 8.13. The number of ketones is 1. The summed E-state index contributed by atoms with van der Waals surface area (Å²) in [5.74, 6) is 3.31. The lowest BCUT2D eigenvalue weighted by atomic mass is 9.60. The highest BCUT2D eigenvalue weighted by Gasteiger charge is 2.62. The van der Waals surface area contributed by atoms with Crippen LogP contribution in [0.25, 0.3) is 0 Å². The van der Waals surface area contributed by atoms with Crippen molar-refractivity contribution in [2.75, 3.05) is 0 Å². The van der Waals surface area contributed by atoms with Crippen LogP contribution in [0.1, 0.15) is 66.2 Å². The van der Waals surface area contributed by atoms with Gasteiger partial charge in [0.25, 0.3) is 0 Å². The van der Waals surface area contributed by atoms with Gasteiger partial charge in [-0.25, -0.2) is 0 Å². The SMILES string of the molecule is CC1CCC([C@H]2C[C@@H]3CC[C@@]2(C)C3(C)C)CC1=O. The van der Waals surface area contributed by atoms with E-state index in [9.17, 15) is 4.79 Å². The molecule has 0 amide bonds. The molecule has 1 nitrogen and oxygen atoms in total. The van der Waals surface area contributed by atoms with Gasteiger partial charge in [-0.3, -0.25) is 4.79 Å². The molecule has 102 valence electrons. The Balaban J connectivity index is 1.81. The van der Waals surface area contributed by atoms with Crippen molar-refractivity contribution in [1.29, 1.82) is 0 Å². The third-order valence-electron chi connectivity index (χ3n) is 7.41. The predicted molar refractivity (Wildman–Crippen MR) is 74.2 cm³/mol. The van der Waals surface area contributed by atoms with Crippen LogP contribution in [-0.4, -0.2) is 5.78 Å². The van der Waals surface area contributed by atoms with E-state index in [1.807, 2.05) is 0 Å². The molecule has 3 rings (SSSR count). The molecular weight excluding hydrogens is 220 g/mol. The van der Waals surface area contributed by atoms with E-state index in [-0.39, 0.29) is 0 Å². The summed E-state index contributed by atoms with van der Waals surface area (Å²) in [4.78, 5) is 12.0. The average Bonchev–Trinajstić information content (AvgIpc) is 2.65. The molecule has 18 heavy (non-hydrogen) atoms. The molecule has 2 unspecified atom stereocenters. The normalized spacial score (nSPS) is 50.8. The predicted octanol–water partition coefficient (Wildman–Crippen LogP) is 4.45. The lowest BCUT2D eigenvalue weighted by Crippen LogP contribution is -2.38. The molecular formula is C17H28O. The van der Waals surface area contributed by atoms with Crippen molar-refractivity contribution in [2.24, 2.45) is 34.5 Å². The van der Waals surface area contributed by atoms with Crippen LogP contribution in [0.2, 0.25) is 0 Å². The monoisotopic (exact) mass is 248 g/mol. The Kier molecular flexibility index (Phi) is 2.70. The molecule has 3 fully saturated rings. The zero-order valence-electron chi connectivity index (χ0n) is 12.5. The smallest absolute Gasteiger partial charge is 0.135 e. The fourth-order valence-electron chi connectivity index (χ4n) is 5.51. The zero-order chi connectivity index (χ0) is 13.1. The Morgan fingerprint density at radius 2 is 1.83 bits per heavy atom. The molecule has 2 bridgehead atoms. The maximum atomic E-state index is 12.0. The molecule has 3 aliphatic carbocycles. The summed E-state index contributed by atoms with van der Waals surface area (Å²) in [5, 5.41) is 0. The van der Waals surface area contributed by atoms with Crippen molar-refractivity contribution < 1.29 is 4.79 Å². The summed E-state index contributed by atoms with van der Waals surface area (Å²) in [7, 11) is 0. The van der Waals surface area contributed by atoms with Gasteiger partial charge in [0.05, 0.1) is 0 Å². The van der Waals surface area contributed by atoms with Crippen LogP contribution in [0.15, 0.2) is 0 Å². The molecule has 3 saturated carbocycles.